The lowest BCUT2D eigenvalue weighted by molar-refractivity contribution is 1.11. The molecule has 4 aromatic rings. The Kier molecular flexibility index (Phi) is 4.12. The van der Waals surface area contributed by atoms with Crippen LogP contribution in [0, 0.1) is 25.2 Å². The number of fused-ring (bicyclic) bond motifs is 3. The molecule has 3 heterocycles. The molecule has 4 nitrogen and oxygen atoms in total. The summed E-state index contributed by atoms with van der Waals surface area (Å²) >= 11 is 3.35. The molecule has 1 aromatic carbocycles. The highest BCUT2D eigenvalue weighted by Gasteiger charge is 2.14. The van der Waals surface area contributed by atoms with E-state index in [-0.39, 0.29) is 0 Å². The van der Waals surface area contributed by atoms with E-state index in [2.05, 4.69) is 34.0 Å². The van der Waals surface area contributed by atoms with Crippen LogP contribution in [0.25, 0.3) is 20.4 Å². The molecule has 4 rings (SSSR count). The number of rotatable bonds is 3. The van der Waals surface area contributed by atoms with Gasteiger partial charge < -0.3 is 0 Å². The van der Waals surface area contributed by atoms with E-state index in [9.17, 15) is 0 Å². The van der Waals surface area contributed by atoms with E-state index >= 15 is 0 Å². The fourth-order valence-electron chi connectivity index (χ4n) is 2.82. The van der Waals surface area contributed by atoms with Crippen molar-refractivity contribution in [3.05, 3.63) is 59.0 Å². The Labute approximate surface area is 153 Å². The molecule has 0 fully saturated rings. The zero-order chi connectivity index (χ0) is 17.4. The van der Waals surface area contributed by atoms with Crippen LogP contribution in [0.15, 0.2) is 41.7 Å². The molecule has 0 radical (unpaired) electrons. The lowest BCUT2D eigenvalue weighted by atomic mass is 10.1. The molecule has 122 valence electrons. The first-order valence-corrected chi connectivity index (χ1v) is 9.59. The van der Waals surface area contributed by atoms with Crippen molar-refractivity contribution < 1.29 is 0 Å². The molecule has 6 heteroatoms. The van der Waals surface area contributed by atoms with Crippen molar-refractivity contribution in [2.45, 2.75) is 24.6 Å². The third-order valence-electron chi connectivity index (χ3n) is 3.98. The number of thioether (sulfide) groups is 1. The van der Waals surface area contributed by atoms with Gasteiger partial charge in [0.05, 0.1) is 21.8 Å². The number of nitrogens with zero attached hydrogens (tertiary/aromatic N) is 4. The lowest BCUT2D eigenvalue weighted by Gasteiger charge is -2.03. The second kappa shape index (κ2) is 6.43. The number of benzene rings is 1. The molecule has 25 heavy (non-hydrogen) atoms. The van der Waals surface area contributed by atoms with Gasteiger partial charge in [-0.2, -0.15) is 5.26 Å². The van der Waals surface area contributed by atoms with Gasteiger partial charge in [0.1, 0.15) is 16.2 Å². The van der Waals surface area contributed by atoms with Crippen LogP contribution >= 0.6 is 23.1 Å². The number of pyridine rings is 1. The van der Waals surface area contributed by atoms with E-state index in [1.165, 1.54) is 11.1 Å². The first-order chi connectivity index (χ1) is 12.2. The molecule has 0 aliphatic rings. The van der Waals surface area contributed by atoms with Crippen molar-refractivity contribution in [2.75, 3.05) is 0 Å². The van der Waals surface area contributed by atoms with Gasteiger partial charge in [-0.3, -0.25) is 0 Å². The second-order valence-electron chi connectivity index (χ2n) is 5.82. The SMILES string of the molecule is Cc1cc(C)c2c(n1)sc1c(SCc3ccc(C#N)cc3)ncnc12. The van der Waals surface area contributed by atoms with Crippen molar-refractivity contribution in [3.8, 4) is 6.07 Å². The Hall–Kier alpha value is -2.49. The zero-order valence-electron chi connectivity index (χ0n) is 13.8. The smallest absolute Gasteiger partial charge is 0.126 e. The molecule has 0 unspecified atom stereocenters. The predicted molar refractivity (Wildman–Crippen MR) is 103 cm³/mol. The normalized spacial score (nSPS) is 11.1. The number of hydrogen-bond acceptors (Lipinski definition) is 6. The fraction of sp³-hybridized carbons (Fsp3) is 0.158. The van der Waals surface area contributed by atoms with E-state index in [4.69, 9.17) is 5.26 Å². The van der Waals surface area contributed by atoms with Crippen molar-refractivity contribution in [3.63, 3.8) is 0 Å². The summed E-state index contributed by atoms with van der Waals surface area (Å²) in [6, 6.07) is 11.9. The summed E-state index contributed by atoms with van der Waals surface area (Å²) in [5.41, 5.74) is 5.07. The number of aromatic nitrogens is 3. The Morgan fingerprint density at radius 3 is 2.72 bits per heavy atom. The van der Waals surface area contributed by atoms with Gasteiger partial charge in [-0.1, -0.05) is 12.1 Å². The molecular formula is C19H14N4S2. The second-order valence-corrected chi connectivity index (χ2v) is 7.78. The lowest BCUT2D eigenvalue weighted by Crippen LogP contribution is -1.87. The monoisotopic (exact) mass is 362 g/mol. The number of thiophene rings is 1. The first-order valence-electron chi connectivity index (χ1n) is 7.79. The molecule has 0 saturated heterocycles. The third-order valence-corrected chi connectivity index (χ3v) is 6.25. The Bertz CT molecular complexity index is 1120. The maximum absolute atomic E-state index is 8.89. The Morgan fingerprint density at radius 1 is 1.16 bits per heavy atom. The van der Waals surface area contributed by atoms with E-state index in [1.807, 2.05) is 31.2 Å². The molecule has 0 N–H and O–H groups in total. The van der Waals surface area contributed by atoms with E-state index < -0.39 is 0 Å². The summed E-state index contributed by atoms with van der Waals surface area (Å²) in [6.07, 6.45) is 1.63. The predicted octanol–water partition coefficient (Wildman–Crippen LogP) is 5.02. The van der Waals surface area contributed by atoms with Gasteiger partial charge in [-0.05, 0) is 43.2 Å². The van der Waals surface area contributed by atoms with Crippen LogP contribution in [-0.2, 0) is 5.75 Å². The number of hydrogen-bond donors (Lipinski definition) is 0. The van der Waals surface area contributed by atoms with Crippen LogP contribution in [0.3, 0.4) is 0 Å². The maximum atomic E-state index is 8.89. The molecule has 0 saturated carbocycles. The minimum Gasteiger partial charge on any atom is -0.242 e. The van der Waals surface area contributed by atoms with Gasteiger partial charge in [-0.15, -0.1) is 23.1 Å². The molecular weight excluding hydrogens is 348 g/mol. The maximum Gasteiger partial charge on any atom is 0.126 e. The van der Waals surface area contributed by atoms with Crippen molar-refractivity contribution in [1.82, 2.24) is 15.0 Å². The molecule has 0 aliphatic heterocycles. The van der Waals surface area contributed by atoms with Crippen molar-refractivity contribution in [1.29, 1.82) is 5.26 Å². The van der Waals surface area contributed by atoms with Crippen LogP contribution in [-0.4, -0.2) is 15.0 Å². The molecule has 0 atom stereocenters. The van der Waals surface area contributed by atoms with E-state index in [1.54, 1.807) is 29.4 Å². The number of aryl methyl sites for hydroxylation is 2. The first kappa shape index (κ1) is 16.0. The van der Waals surface area contributed by atoms with Gasteiger partial charge in [0, 0.05) is 16.8 Å². The van der Waals surface area contributed by atoms with Crippen molar-refractivity contribution in [2.24, 2.45) is 0 Å². The highest BCUT2D eigenvalue weighted by molar-refractivity contribution is 7.98. The average molecular weight is 362 g/mol. The fourth-order valence-corrected chi connectivity index (χ4v) is 5.10. The van der Waals surface area contributed by atoms with Gasteiger partial charge in [0.25, 0.3) is 0 Å². The summed E-state index contributed by atoms with van der Waals surface area (Å²) in [4.78, 5) is 14.7. The summed E-state index contributed by atoms with van der Waals surface area (Å²) in [6.45, 7) is 4.12. The average Bonchev–Trinajstić information content (AvgIpc) is 2.99. The molecule has 0 aliphatic carbocycles. The number of nitriles is 1. The summed E-state index contributed by atoms with van der Waals surface area (Å²) in [5, 5.41) is 11.0. The van der Waals surface area contributed by atoms with Crippen LogP contribution in [0.2, 0.25) is 0 Å². The van der Waals surface area contributed by atoms with Gasteiger partial charge in [-0.25, -0.2) is 15.0 Å². The molecule has 0 spiro atoms. The highest BCUT2D eigenvalue weighted by atomic mass is 32.2. The van der Waals surface area contributed by atoms with Crippen LogP contribution < -0.4 is 0 Å². The quantitative estimate of drug-likeness (QED) is 0.378. The van der Waals surface area contributed by atoms with Crippen LogP contribution in [0.5, 0.6) is 0 Å². The van der Waals surface area contributed by atoms with E-state index in [0.29, 0.717) is 5.56 Å². The molecule has 3 aromatic heterocycles. The largest absolute Gasteiger partial charge is 0.242 e. The summed E-state index contributed by atoms with van der Waals surface area (Å²) in [5.74, 6) is 0.803. The summed E-state index contributed by atoms with van der Waals surface area (Å²) in [7, 11) is 0. The topological polar surface area (TPSA) is 62.5 Å². The molecule has 0 bridgehead atoms. The van der Waals surface area contributed by atoms with Crippen LogP contribution in [0.1, 0.15) is 22.4 Å². The van der Waals surface area contributed by atoms with Gasteiger partial charge in [0.2, 0.25) is 0 Å². The third kappa shape index (κ3) is 2.97. The zero-order valence-corrected chi connectivity index (χ0v) is 15.4. The van der Waals surface area contributed by atoms with Crippen molar-refractivity contribution >= 4 is 43.5 Å². The summed E-state index contributed by atoms with van der Waals surface area (Å²) < 4.78 is 1.09. The van der Waals surface area contributed by atoms with Gasteiger partial charge in [0.15, 0.2) is 0 Å². The minimum atomic E-state index is 0.680. The Balaban J connectivity index is 1.72. The minimum absolute atomic E-state index is 0.680. The molecule has 0 amide bonds. The van der Waals surface area contributed by atoms with Crippen LogP contribution in [0.4, 0.5) is 0 Å². The standard InChI is InChI=1S/C19H14N4S2/c1-11-7-12(2)23-18-15(11)16-17(25-18)19(22-10-21-16)24-9-14-5-3-13(8-20)4-6-14/h3-7,10H,9H2,1-2H3. The highest BCUT2D eigenvalue weighted by Crippen LogP contribution is 2.38. The van der Waals surface area contributed by atoms with Gasteiger partial charge >= 0.3 is 0 Å². The Morgan fingerprint density at radius 2 is 1.96 bits per heavy atom. The van der Waals surface area contributed by atoms with E-state index in [0.717, 1.165) is 36.9 Å².